The van der Waals surface area contributed by atoms with Gasteiger partial charge in [0.05, 0.1) is 11.2 Å². The van der Waals surface area contributed by atoms with E-state index >= 15 is 0 Å². The van der Waals surface area contributed by atoms with Crippen LogP contribution < -0.4 is 15.0 Å². The number of amides is 3. The first-order valence-corrected chi connectivity index (χ1v) is 7.44. The molecule has 0 spiro atoms. The van der Waals surface area contributed by atoms with Crippen molar-refractivity contribution in [1.82, 2.24) is 10.3 Å². The molecule has 24 heavy (non-hydrogen) atoms. The molecular weight excluding hydrogens is 306 g/mol. The Morgan fingerprint density at radius 2 is 1.71 bits per heavy atom. The highest BCUT2D eigenvalue weighted by molar-refractivity contribution is 6.21. The van der Waals surface area contributed by atoms with Gasteiger partial charge in [-0.2, -0.15) is 0 Å². The Bertz CT molecular complexity index is 922. The second kappa shape index (κ2) is 5.66. The number of nitrogens with one attached hydrogen (secondary N) is 1. The van der Waals surface area contributed by atoms with E-state index in [1.165, 1.54) is 0 Å². The smallest absolute Gasteiger partial charge is 0.332 e. The molecule has 0 radical (unpaired) electrons. The standard InChI is InChI=1S/C18H13N3O3/c22-17-16(20-18(23)21(17)12-6-2-1-3-7-12)24-15-10-11-19-14-9-5-4-8-13(14)15/h1-11,16H,(H,20,23). The number of pyridine rings is 1. The lowest BCUT2D eigenvalue weighted by atomic mass is 10.2. The molecule has 1 aromatic heterocycles. The summed E-state index contributed by atoms with van der Waals surface area (Å²) >= 11 is 0. The Kier molecular flexibility index (Phi) is 3.35. The van der Waals surface area contributed by atoms with Crippen molar-refractivity contribution in [1.29, 1.82) is 0 Å². The molecule has 2 heterocycles. The summed E-state index contributed by atoms with van der Waals surface area (Å²) in [6.07, 6.45) is 0.539. The zero-order chi connectivity index (χ0) is 16.5. The Labute approximate surface area is 137 Å². The SMILES string of the molecule is O=C1NC(Oc2ccnc3ccccc23)C(=O)N1c1ccccc1. The largest absolute Gasteiger partial charge is 0.460 e. The van der Waals surface area contributed by atoms with E-state index in [1.807, 2.05) is 30.3 Å². The first-order chi connectivity index (χ1) is 11.7. The van der Waals surface area contributed by atoms with Crippen molar-refractivity contribution in [3.8, 4) is 5.75 Å². The number of hydrogen-bond acceptors (Lipinski definition) is 4. The number of hydrogen-bond donors (Lipinski definition) is 1. The summed E-state index contributed by atoms with van der Waals surface area (Å²) in [5.74, 6) is 0.0428. The first kappa shape index (κ1) is 14.2. The summed E-state index contributed by atoms with van der Waals surface area (Å²) in [5, 5.41) is 3.34. The minimum atomic E-state index is -1.07. The molecule has 0 bridgehead atoms. The summed E-state index contributed by atoms with van der Waals surface area (Å²) in [7, 11) is 0. The van der Waals surface area contributed by atoms with Crippen LogP contribution in [0.15, 0.2) is 66.9 Å². The summed E-state index contributed by atoms with van der Waals surface area (Å²) in [4.78, 5) is 30.0. The number of fused-ring (bicyclic) bond motifs is 1. The maximum absolute atomic E-state index is 12.6. The molecule has 6 heteroatoms. The van der Waals surface area contributed by atoms with Crippen LogP contribution in [-0.4, -0.2) is 23.2 Å². The fraction of sp³-hybridized carbons (Fsp3) is 0.0556. The molecule has 1 aliphatic rings. The quantitative estimate of drug-likeness (QED) is 0.754. The zero-order valence-electron chi connectivity index (χ0n) is 12.5. The molecule has 2 aromatic carbocycles. The third kappa shape index (κ3) is 2.34. The van der Waals surface area contributed by atoms with Crippen molar-refractivity contribution in [3.63, 3.8) is 0 Å². The van der Waals surface area contributed by atoms with Gasteiger partial charge in [-0.15, -0.1) is 0 Å². The van der Waals surface area contributed by atoms with Crippen LogP contribution in [0.4, 0.5) is 10.5 Å². The third-order valence-electron chi connectivity index (χ3n) is 3.77. The van der Waals surface area contributed by atoms with Gasteiger partial charge >= 0.3 is 6.03 Å². The van der Waals surface area contributed by atoms with Gasteiger partial charge in [-0.3, -0.25) is 15.1 Å². The van der Waals surface area contributed by atoms with Crippen molar-refractivity contribution >= 4 is 28.5 Å². The predicted octanol–water partition coefficient (Wildman–Crippen LogP) is 2.70. The number of benzene rings is 2. The number of carbonyl (C=O) groups excluding carboxylic acids is 2. The van der Waals surface area contributed by atoms with Crippen LogP contribution in [0.25, 0.3) is 10.9 Å². The zero-order valence-corrected chi connectivity index (χ0v) is 12.5. The first-order valence-electron chi connectivity index (χ1n) is 7.44. The third-order valence-corrected chi connectivity index (χ3v) is 3.77. The van der Waals surface area contributed by atoms with Gasteiger partial charge < -0.3 is 4.74 Å². The Balaban J connectivity index is 1.64. The molecule has 1 atom stereocenters. The topological polar surface area (TPSA) is 71.5 Å². The van der Waals surface area contributed by atoms with E-state index in [0.29, 0.717) is 11.4 Å². The van der Waals surface area contributed by atoms with E-state index in [2.05, 4.69) is 10.3 Å². The summed E-state index contributed by atoms with van der Waals surface area (Å²) in [5.41, 5.74) is 1.26. The van der Waals surface area contributed by atoms with E-state index in [-0.39, 0.29) is 0 Å². The molecule has 4 rings (SSSR count). The van der Waals surface area contributed by atoms with Crippen LogP contribution in [0.1, 0.15) is 0 Å². The van der Waals surface area contributed by atoms with Crippen molar-refractivity contribution in [2.24, 2.45) is 0 Å². The predicted molar refractivity (Wildman–Crippen MR) is 88.6 cm³/mol. The fourth-order valence-electron chi connectivity index (χ4n) is 2.66. The number of ether oxygens (including phenoxy) is 1. The molecule has 0 saturated carbocycles. The van der Waals surface area contributed by atoms with Crippen LogP contribution in [0, 0.1) is 0 Å². The average Bonchev–Trinajstić information content (AvgIpc) is 2.90. The maximum Gasteiger partial charge on any atom is 0.332 e. The maximum atomic E-state index is 12.6. The molecule has 1 fully saturated rings. The van der Waals surface area contributed by atoms with Gasteiger partial charge in [0.15, 0.2) is 0 Å². The number of rotatable bonds is 3. The van der Waals surface area contributed by atoms with E-state index < -0.39 is 18.2 Å². The Morgan fingerprint density at radius 1 is 0.958 bits per heavy atom. The highest BCUT2D eigenvalue weighted by Crippen LogP contribution is 2.26. The molecule has 118 valence electrons. The summed E-state index contributed by atoms with van der Waals surface area (Å²) in [6, 6.07) is 17.4. The van der Waals surface area contributed by atoms with Crippen LogP contribution in [-0.2, 0) is 4.79 Å². The summed E-state index contributed by atoms with van der Waals surface area (Å²) < 4.78 is 5.76. The molecular formula is C18H13N3O3. The number of carbonyl (C=O) groups is 2. The molecule has 6 nitrogen and oxygen atoms in total. The highest BCUT2D eigenvalue weighted by Gasteiger charge is 2.40. The van der Waals surface area contributed by atoms with Crippen LogP contribution in [0.5, 0.6) is 5.75 Å². The number of anilines is 1. The average molecular weight is 319 g/mol. The fourth-order valence-corrected chi connectivity index (χ4v) is 2.66. The molecule has 0 aliphatic carbocycles. The second-order valence-electron chi connectivity index (χ2n) is 5.28. The minimum Gasteiger partial charge on any atom is -0.460 e. The van der Waals surface area contributed by atoms with Crippen LogP contribution >= 0.6 is 0 Å². The van der Waals surface area contributed by atoms with Crippen molar-refractivity contribution in [3.05, 3.63) is 66.9 Å². The van der Waals surface area contributed by atoms with Gasteiger partial charge in [0.25, 0.3) is 12.1 Å². The van der Waals surface area contributed by atoms with E-state index in [4.69, 9.17) is 4.74 Å². The highest BCUT2D eigenvalue weighted by atomic mass is 16.5. The molecule has 1 aliphatic heterocycles. The summed E-state index contributed by atoms with van der Waals surface area (Å²) in [6.45, 7) is 0. The molecule has 1 unspecified atom stereocenters. The molecule has 3 aromatic rings. The van der Waals surface area contributed by atoms with Gasteiger partial charge in [0, 0.05) is 11.6 Å². The number of urea groups is 1. The van der Waals surface area contributed by atoms with Gasteiger partial charge in [0.2, 0.25) is 0 Å². The number of nitrogens with zero attached hydrogens (tertiary/aromatic N) is 2. The monoisotopic (exact) mass is 319 g/mol. The molecule has 3 amide bonds. The Morgan fingerprint density at radius 3 is 2.54 bits per heavy atom. The number of aromatic nitrogens is 1. The van der Waals surface area contributed by atoms with Gasteiger partial charge in [-0.1, -0.05) is 30.3 Å². The molecule has 1 N–H and O–H groups in total. The van der Waals surface area contributed by atoms with Gasteiger partial charge in [-0.25, -0.2) is 9.69 Å². The van der Waals surface area contributed by atoms with E-state index in [1.54, 1.807) is 36.5 Å². The van der Waals surface area contributed by atoms with Crippen LogP contribution in [0.3, 0.4) is 0 Å². The Hall–Kier alpha value is -3.41. The lowest BCUT2D eigenvalue weighted by Gasteiger charge is -2.14. The van der Waals surface area contributed by atoms with Crippen molar-refractivity contribution in [2.45, 2.75) is 6.23 Å². The molecule has 1 saturated heterocycles. The van der Waals surface area contributed by atoms with E-state index in [9.17, 15) is 9.59 Å². The van der Waals surface area contributed by atoms with E-state index in [0.717, 1.165) is 15.8 Å². The van der Waals surface area contributed by atoms with Crippen molar-refractivity contribution in [2.75, 3.05) is 4.90 Å². The van der Waals surface area contributed by atoms with Crippen LogP contribution in [0.2, 0.25) is 0 Å². The number of para-hydroxylation sites is 2. The minimum absolute atomic E-state index is 0.452. The van der Waals surface area contributed by atoms with Gasteiger partial charge in [-0.05, 0) is 30.3 Å². The lowest BCUT2D eigenvalue weighted by molar-refractivity contribution is -0.123. The number of imide groups is 1. The normalized spacial score (nSPS) is 17.2. The lowest BCUT2D eigenvalue weighted by Crippen LogP contribution is -2.35. The second-order valence-corrected chi connectivity index (χ2v) is 5.28. The van der Waals surface area contributed by atoms with Gasteiger partial charge in [0.1, 0.15) is 5.75 Å². The van der Waals surface area contributed by atoms with Crippen molar-refractivity contribution < 1.29 is 14.3 Å².